The number of hydrogen-bond acceptors (Lipinski definition) is 4. The molecule has 0 aliphatic carbocycles. The zero-order valence-corrected chi connectivity index (χ0v) is 17.9. The van der Waals surface area contributed by atoms with E-state index in [9.17, 15) is 4.79 Å². The Labute approximate surface area is 180 Å². The topological polar surface area (TPSA) is 76.9 Å². The minimum Gasteiger partial charge on any atom is -0.493 e. The number of fused-ring (bicyclic) bond motifs is 1. The Morgan fingerprint density at radius 1 is 0.871 bits per heavy atom. The molecule has 4 rings (SSSR count). The molecule has 0 radical (unpaired) electrons. The first-order valence-electron chi connectivity index (χ1n) is 9.84. The van der Waals surface area contributed by atoms with E-state index < -0.39 is 0 Å². The number of carbonyl (C=O) groups excluding carboxylic acids is 1. The van der Waals surface area contributed by atoms with Crippen molar-refractivity contribution in [2.45, 2.75) is 13.8 Å². The molecule has 2 aromatic carbocycles. The van der Waals surface area contributed by atoms with Crippen molar-refractivity contribution >= 4 is 23.2 Å². The van der Waals surface area contributed by atoms with Crippen LogP contribution < -0.4 is 20.1 Å². The van der Waals surface area contributed by atoms with E-state index in [1.807, 2.05) is 79.0 Å². The lowest BCUT2D eigenvalue weighted by Crippen LogP contribution is -2.20. The number of imidazole rings is 1. The summed E-state index contributed by atoms with van der Waals surface area (Å²) in [6.07, 6.45) is 1.89. The minimum absolute atomic E-state index is 0.354. The van der Waals surface area contributed by atoms with Crippen molar-refractivity contribution in [1.82, 2.24) is 9.38 Å². The molecule has 7 nitrogen and oxygen atoms in total. The lowest BCUT2D eigenvalue weighted by molar-refractivity contribution is 0.262. The van der Waals surface area contributed by atoms with Gasteiger partial charge in [-0.2, -0.15) is 0 Å². The van der Waals surface area contributed by atoms with E-state index in [-0.39, 0.29) is 6.03 Å². The van der Waals surface area contributed by atoms with Crippen LogP contribution in [-0.2, 0) is 0 Å². The van der Waals surface area contributed by atoms with Crippen LogP contribution in [0.2, 0.25) is 0 Å². The molecule has 0 fully saturated rings. The predicted octanol–water partition coefficient (Wildman–Crippen LogP) is 5.28. The number of carbonyl (C=O) groups is 1. The summed E-state index contributed by atoms with van der Waals surface area (Å²) >= 11 is 0. The quantitative estimate of drug-likeness (QED) is 0.464. The van der Waals surface area contributed by atoms with Gasteiger partial charge < -0.3 is 14.8 Å². The first-order chi connectivity index (χ1) is 15.0. The summed E-state index contributed by atoms with van der Waals surface area (Å²) in [5.74, 6) is 1.77. The van der Waals surface area contributed by atoms with Gasteiger partial charge in [0.25, 0.3) is 0 Å². The number of ether oxygens (including phenoxy) is 2. The molecule has 158 valence electrons. The van der Waals surface area contributed by atoms with Gasteiger partial charge in [-0.05, 0) is 61.9 Å². The summed E-state index contributed by atoms with van der Waals surface area (Å²) < 4.78 is 12.6. The molecule has 0 unspecified atom stereocenters. The summed E-state index contributed by atoms with van der Waals surface area (Å²) in [4.78, 5) is 17.5. The monoisotopic (exact) mass is 416 g/mol. The van der Waals surface area contributed by atoms with Gasteiger partial charge in [-0.3, -0.25) is 9.72 Å². The molecule has 4 aromatic rings. The predicted molar refractivity (Wildman–Crippen MR) is 122 cm³/mol. The van der Waals surface area contributed by atoms with Gasteiger partial charge in [-0.25, -0.2) is 9.78 Å². The number of amides is 2. The Balaban J connectivity index is 1.74. The van der Waals surface area contributed by atoms with Crippen molar-refractivity contribution in [3.8, 4) is 22.8 Å². The zero-order valence-electron chi connectivity index (χ0n) is 17.9. The van der Waals surface area contributed by atoms with Crippen LogP contribution >= 0.6 is 0 Å². The molecular weight excluding hydrogens is 392 g/mol. The molecule has 2 heterocycles. The molecule has 2 amide bonds. The number of nitrogens with one attached hydrogen (secondary N) is 2. The number of anilines is 2. The highest BCUT2D eigenvalue weighted by atomic mass is 16.5. The molecule has 0 atom stereocenters. The molecule has 0 saturated carbocycles. The van der Waals surface area contributed by atoms with Crippen LogP contribution in [0.25, 0.3) is 16.9 Å². The van der Waals surface area contributed by atoms with Crippen molar-refractivity contribution < 1.29 is 14.3 Å². The first kappa shape index (κ1) is 20.3. The van der Waals surface area contributed by atoms with Crippen LogP contribution in [0.4, 0.5) is 16.3 Å². The van der Waals surface area contributed by atoms with Crippen molar-refractivity contribution in [2.24, 2.45) is 0 Å². The molecule has 0 aliphatic rings. The second-order valence-electron chi connectivity index (χ2n) is 7.26. The Hall–Kier alpha value is -4.00. The summed E-state index contributed by atoms with van der Waals surface area (Å²) in [5, 5.41) is 5.83. The summed E-state index contributed by atoms with van der Waals surface area (Å²) in [6.45, 7) is 4.00. The third kappa shape index (κ3) is 4.16. The van der Waals surface area contributed by atoms with E-state index in [0.29, 0.717) is 28.7 Å². The number of aryl methyl sites for hydroxylation is 2. The smallest absolute Gasteiger partial charge is 0.324 e. The molecule has 0 saturated heterocycles. The van der Waals surface area contributed by atoms with Crippen molar-refractivity contribution in [3.05, 3.63) is 71.9 Å². The average Bonchev–Trinajstić information content (AvgIpc) is 3.11. The Bertz CT molecular complexity index is 1250. The Morgan fingerprint density at radius 3 is 2.32 bits per heavy atom. The number of hydrogen-bond donors (Lipinski definition) is 2. The number of aromatic nitrogens is 2. The van der Waals surface area contributed by atoms with Crippen LogP contribution in [0, 0.1) is 13.8 Å². The van der Waals surface area contributed by atoms with Gasteiger partial charge >= 0.3 is 6.03 Å². The molecule has 2 N–H and O–H groups in total. The zero-order chi connectivity index (χ0) is 22.0. The standard InChI is InChI=1S/C24H24N4O3/c1-15-5-8-18(9-6-15)25-24(29)27-23-22(26-21-13-16(2)11-12-28(21)23)17-7-10-19(30-3)20(14-17)31-4/h5-14H,1-4H3,(H2,25,27,29). The summed E-state index contributed by atoms with van der Waals surface area (Å²) in [7, 11) is 3.18. The van der Waals surface area contributed by atoms with E-state index in [0.717, 1.165) is 22.3 Å². The highest BCUT2D eigenvalue weighted by Crippen LogP contribution is 2.35. The maximum atomic E-state index is 12.8. The van der Waals surface area contributed by atoms with E-state index in [2.05, 4.69) is 10.6 Å². The van der Waals surface area contributed by atoms with Crippen LogP contribution in [0.5, 0.6) is 11.5 Å². The highest BCUT2D eigenvalue weighted by Gasteiger charge is 2.18. The molecule has 0 spiro atoms. The van der Waals surface area contributed by atoms with Gasteiger partial charge in [0, 0.05) is 17.4 Å². The number of benzene rings is 2. The van der Waals surface area contributed by atoms with Gasteiger partial charge in [0.1, 0.15) is 17.2 Å². The third-order valence-electron chi connectivity index (χ3n) is 4.98. The van der Waals surface area contributed by atoms with Crippen molar-refractivity contribution in [2.75, 3.05) is 24.9 Å². The summed E-state index contributed by atoms with van der Waals surface area (Å²) in [5.41, 5.74) is 5.07. The van der Waals surface area contributed by atoms with E-state index in [4.69, 9.17) is 14.5 Å². The van der Waals surface area contributed by atoms with Gasteiger partial charge in [-0.15, -0.1) is 0 Å². The number of pyridine rings is 1. The number of urea groups is 1. The van der Waals surface area contributed by atoms with Gasteiger partial charge in [0.2, 0.25) is 0 Å². The molecule has 31 heavy (non-hydrogen) atoms. The molecule has 2 aromatic heterocycles. The normalized spacial score (nSPS) is 10.7. The lowest BCUT2D eigenvalue weighted by atomic mass is 10.1. The SMILES string of the molecule is COc1ccc(-c2nc3cc(C)ccn3c2NC(=O)Nc2ccc(C)cc2)cc1OC. The molecular formula is C24H24N4O3. The fraction of sp³-hybridized carbons (Fsp3) is 0.167. The highest BCUT2D eigenvalue weighted by molar-refractivity contribution is 6.01. The molecule has 0 aliphatic heterocycles. The van der Waals surface area contributed by atoms with Crippen LogP contribution in [-0.4, -0.2) is 29.6 Å². The Kier molecular flexibility index (Phi) is 5.49. The average molecular weight is 416 g/mol. The molecule has 7 heteroatoms. The second kappa shape index (κ2) is 8.39. The first-order valence-corrected chi connectivity index (χ1v) is 9.84. The summed E-state index contributed by atoms with van der Waals surface area (Å²) in [6, 6.07) is 16.7. The second-order valence-corrected chi connectivity index (χ2v) is 7.26. The number of rotatable bonds is 5. The van der Waals surface area contributed by atoms with Gasteiger partial charge in [0.15, 0.2) is 11.5 Å². The lowest BCUT2D eigenvalue weighted by Gasteiger charge is -2.11. The largest absolute Gasteiger partial charge is 0.493 e. The van der Waals surface area contributed by atoms with E-state index in [1.165, 1.54) is 0 Å². The minimum atomic E-state index is -0.354. The molecule has 0 bridgehead atoms. The van der Waals surface area contributed by atoms with Crippen LogP contribution in [0.15, 0.2) is 60.8 Å². The fourth-order valence-corrected chi connectivity index (χ4v) is 3.36. The van der Waals surface area contributed by atoms with Gasteiger partial charge in [-0.1, -0.05) is 17.7 Å². The fourth-order valence-electron chi connectivity index (χ4n) is 3.36. The maximum absolute atomic E-state index is 12.8. The van der Waals surface area contributed by atoms with E-state index in [1.54, 1.807) is 14.2 Å². The number of nitrogens with zero attached hydrogens (tertiary/aromatic N) is 2. The Morgan fingerprint density at radius 2 is 1.61 bits per heavy atom. The number of methoxy groups -OCH3 is 2. The van der Waals surface area contributed by atoms with Gasteiger partial charge in [0.05, 0.1) is 14.2 Å². The van der Waals surface area contributed by atoms with E-state index >= 15 is 0 Å². The van der Waals surface area contributed by atoms with Crippen LogP contribution in [0.1, 0.15) is 11.1 Å². The van der Waals surface area contributed by atoms with Crippen molar-refractivity contribution in [3.63, 3.8) is 0 Å². The van der Waals surface area contributed by atoms with Crippen molar-refractivity contribution in [1.29, 1.82) is 0 Å². The maximum Gasteiger partial charge on any atom is 0.324 e. The van der Waals surface area contributed by atoms with Crippen LogP contribution in [0.3, 0.4) is 0 Å². The third-order valence-corrected chi connectivity index (χ3v) is 4.98.